The van der Waals surface area contributed by atoms with E-state index in [-0.39, 0.29) is 11.1 Å². The minimum absolute atomic E-state index is 0.0249. The maximum Gasteiger partial charge on any atom is 0.285 e. The number of hydrogen-bond acceptors (Lipinski definition) is 4. The molecule has 1 aromatic carbocycles. The van der Waals surface area contributed by atoms with Crippen LogP contribution in [0.2, 0.25) is 0 Å². The highest BCUT2D eigenvalue weighted by atomic mass is 32.2. The average Bonchev–Trinajstić information content (AvgIpc) is 3.19. The zero-order valence-electron chi connectivity index (χ0n) is 13.1. The molecule has 6 heteroatoms. The normalized spacial score (nSPS) is 18.0. The Labute approximate surface area is 140 Å². The van der Waals surface area contributed by atoms with Crippen LogP contribution in [0.4, 0.5) is 0 Å². The third kappa shape index (κ3) is 2.26. The Bertz CT molecular complexity index is 1040. The van der Waals surface area contributed by atoms with Crippen molar-refractivity contribution in [2.45, 2.75) is 18.1 Å². The fourth-order valence-corrected chi connectivity index (χ4v) is 4.35. The number of hydrogen-bond donors (Lipinski definition) is 0. The Kier molecular flexibility index (Phi) is 3.51. The van der Waals surface area contributed by atoms with Crippen LogP contribution in [0.1, 0.15) is 18.6 Å². The number of para-hydroxylation sites is 1. The summed E-state index contributed by atoms with van der Waals surface area (Å²) in [6.45, 7) is 2.54. The van der Waals surface area contributed by atoms with Crippen molar-refractivity contribution in [1.29, 1.82) is 0 Å². The van der Waals surface area contributed by atoms with Gasteiger partial charge in [-0.1, -0.05) is 30.3 Å². The fourth-order valence-electron chi connectivity index (χ4n) is 3.03. The molecule has 3 heterocycles. The molecule has 0 fully saturated rings. The molecule has 122 valence electrons. The highest BCUT2D eigenvalue weighted by Crippen LogP contribution is 2.36. The van der Waals surface area contributed by atoms with Gasteiger partial charge < -0.3 is 4.74 Å². The minimum Gasteiger partial charge on any atom is -0.365 e. The predicted octanol–water partition coefficient (Wildman–Crippen LogP) is 3.29. The van der Waals surface area contributed by atoms with Gasteiger partial charge >= 0.3 is 0 Å². The minimum atomic E-state index is -3.76. The SMILES string of the molecule is CC1=CCOC1c1cn(S(=O)(=O)c2ccccn2)c2ccccc12. The van der Waals surface area contributed by atoms with E-state index in [1.807, 2.05) is 31.2 Å². The summed E-state index contributed by atoms with van der Waals surface area (Å²) in [6.07, 6.45) is 4.94. The quantitative estimate of drug-likeness (QED) is 0.687. The van der Waals surface area contributed by atoms with E-state index < -0.39 is 10.0 Å². The second kappa shape index (κ2) is 5.58. The van der Waals surface area contributed by atoms with Gasteiger partial charge in [0.1, 0.15) is 6.10 Å². The maximum atomic E-state index is 13.0. The molecule has 24 heavy (non-hydrogen) atoms. The molecule has 1 aliphatic heterocycles. The Morgan fingerprint density at radius 3 is 2.67 bits per heavy atom. The first-order valence-corrected chi connectivity index (χ1v) is 9.08. The van der Waals surface area contributed by atoms with Gasteiger partial charge in [-0.15, -0.1) is 0 Å². The lowest BCUT2D eigenvalue weighted by Gasteiger charge is -2.10. The number of pyridine rings is 1. The second-order valence-corrected chi connectivity index (χ2v) is 7.49. The zero-order chi connectivity index (χ0) is 16.7. The monoisotopic (exact) mass is 340 g/mol. The van der Waals surface area contributed by atoms with E-state index in [2.05, 4.69) is 4.98 Å². The van der Waals surface area contributed by atoms with E-state index in [1.54, 1.807) is 24.4 Å². The molecule has 5 nitrogen and oxygen atoms in total. The lowest BCUT2D eigenvalue weighted by molar-refractivity contribution is 0.124. The molecule has 4 rings (SSSR count). The van der Waals surface area contributed by atoms with Crippen molar-refractivity contribution in [3.63, 3.8) is 0 Å². The van der Waals surface area contributed by atoms with Gasteiger partial charge in [0.25, 0.3) is 10.0 Å². The number of benzene rings is 1. The second-order valence-electron chi connectivity index (χ2n) is 5.73. The highest BCUT2D eigenvalue weighted by Gasteiger charge is 2.27. The number of fused-ring (bicyclic) bond motifs is 1. The van der Waals surface area contributed by atoms with Crippen LogP contribution in [0.3, 0.4) is 0 Å². The lowest BCUT2D eigenvalue weighted by Crippen LogP contribution is -2.13. The Hall–Kier alpha value is -2.44. The van der Waals surface area contributed by atoms with E-state index in [0.29, 0.717) is 12.1 Å². The lowest BCUT2D eigenvalue weighted by atomic mass is 10.0. The number of aromatic nitrogens is 2. The molecular formula is C18H16N2O3S. The van der Waals surface area contributed by atoms with Crippen LogP contribution in [-0.4, -0.2) is 24.0 Å². The molecule has 1 unspecified atom stereocenters. The van der Waals surface area contributed by atoms with Crippen molar-refractivity contribution >= 4 is 20.9 Å². The van der Waals surface area contributed by atoms with Gasteiger partial charge in [-0.25, -0.2) is 8.96 Å². The third-order valence-corrected chi connectivity index (χ3v) is 5.82. The smallest absolute Gasteiger partial charge is 0.285 e. The van der Waals surface area contributed by atoms with Gasteiger partial charge in [-0.3, -0.25) is 0 Å². The molecule has 1 aliphatic rings. The summed E-state index contributed by atoms with van der Waals surface area (Å²) < 4.78 is 33.1. The van der Waals surface area contributed by atoms with Gasteiger partial charge in [0.05, 0.1) is 12.1 Å². The molecule has 0 saturated carbocycles. The van der Waals surface area contributed by atoms with E-state index >= 15 is 0 Å². The number of ether oxygens (including phenoxy) is 1. The maximum absolute atomic E-state index is 13.0. The number of rotatable bonds is 3. The molecule has 0 amide bonds. The summed E-state index contributed by atoms with van der Waals surface area (Å²) in [4.78, 5) is 4.00. The van der Waals surface area contributed by atoms with Crippen molar-refractivity contribution in [2.75, 3.05) is 6.61 Å². The van der Waals surface area contributed by atoms with Gasteiger partial charge in [0.2, 0.25) is 0 Å². The van der Waals surface area contributed by atoms with E-state index in [0.717, 1.165) is 16.5 Å². The first-order valence-electron chi connectivity index (χ1n) is 7.64. The van der Waals surface area contributed by atoms with Crippen molar-refractivity contribution in [2.24, 2.45) is 0 Å². The Balaban J connectivity index is 1.96. The molecular weight excluding hydrogens is 324 g/mol. The molecule has 0 aliphatic carbocycles. The van der Waals surface area contributed by atoms with Gasteiger partial charge in [0.15, 0.2) is 5.03 Å². The molecule has 3 aromatic rings. The molecule has 0 N–H and O–H groups in total. The summed E-state index contributed by atoms with van der Waals surface area (Å²) in [7, 11) is -3.76. The third-order valence-electron chi connectivity index (χ3n) is 4.23. The van der Waals surface area contributed by atoms with Gasteiger partial charge in [0, 0.05) is 23.3 Å². The topological polar surface area (TPSA) is 61.2 Å². The van der Waals surface area contributed by atoms with Crippen LogP contribution >= 0.6 is 0 Å². The van der Waals surface area contributed by atoms with Crippen LogP contribution in [-0.2, 0) is 14.8 Å². The van der Waals surface area contributed by atoms with E-state index in [4.69, 9.17) is 4.74 Å². The van der Waals surface area contributed by atoms with Crippen LogP contribution in [0.15, 0.2) is 71.5 Å². The number of nitrogens with zero attached hydrogens (tertiary/aromatic N) is 2. The van der Waals surface area contributed by atoms with Crippen molar-refractivity contribution in [1.82, 2.24) is 8.96 Å². The molecule has 0 bridgehead atoms. The summed E-state index contributed by atoms with van der Waals surface area (Å²) in [6, 6.07) is 12.3. The summed E-state index contributed by atoms with van der Waals surface area (Å²) in [5.41, 5.74) is 2.57. The first kappa shape index (κ1) is 15.1. The molecule has 2 aromatic heterocycles. The standard InChI is InChI=1S/C18H16N2O3S/c1-13-9-11-23-18(13)15-12-20(16-7-3-2-6-14(15)16)24(21,22)17-8-4-5-10-19-17/h2-10,12,18H,11H2,1H3. The zero-order valence-corrected chi connectivity index (χ0v) is 13.9. The molecule has 0 spiro atoms. The summed E-state index contributed by atoms with van der Waals surface area (Å²) >= 11 is 0. The predicted molar refractivity (Wildman–Crippen MR) is 91.2 cm³/mol. The highest BCUT2D eigenvalue weighted by molar-refractivity contribution is 7.90. The molecule has 0 radical (unpaired) electrons. The Morgan fingerprint density at radius 2 is 1.96 bits per heavy atom. The van der Waals surface area contributed by atoms with Gasteiger partial charge in [-0.05, 0) is 30.7 Å². The van der Waals surface area contributed by atoms with Crippen LogP contribution < -0.4 is 0 Å². The average molecular weight is 340 g/mol. The largest absolute Gasteiger partial charge is 0.365 e. The molecule has 1 atom stereocenters. The van der Waals surface area contributed by atoms with Crippen molar-refractivity contribution in [3.8, 4) is 0 Å². The van der Waals surface area contributed by atoms with E-state index in [9.17, 15) is 8.42 Å². The van der Waals surface area contributed by atoms with Crippen molar-refractivity contribution in [3.05, 3.63) is 72.1 Å². The first-order chi connectivity index (χ1) is 11.6. The van der Waals surface area contributed by atoms with E-state index in [1.165, 1.54) is 16.2 Å². The van der Waals surface area contributed by atoms with Crippen LogP contribution in [0, 0.1) is 0 Å². The van der Waals surface area contributed by atoms with Crippen LogP contribution in [0.25, 0.3) is 10.9 Å². The van der Waals surface area contributed by atoms with Crippen molar-refractivity contribution < 1.29 is 13.2 Å². The summed E-state index contributed by atoms with van der Waals surface area (Å²) in [5.74, 6) is 0. The van der Waals surface area contributed by atoms with Gasteiger partial charge in [-0.2, -0.15) is 8.42 Å². The van der Waals surface area contributed by atoms with Crippen LogP contribution in [0.5, 0.6) is 0 Å². The molecule has 0 saturated heterocycles. The Morgan fingerprint density at radius 1 is 1.17 bits per heavy atom. The fraction of sp³-hybridized carbons (Fsp3) is 0.167. The summed E-state index contributed by atoms with van der Waals surface area (Å²) in [5, 5.41) is 0.897.